The highest BCUT2D eigenvalue weighted by Gasteiger charge is 2.18. The van der Waals surface area contributed by atoms with Gasteiger partial charge in [-0.3, -0.25) is 0 Å². The molecule has 1 aliphatic carbocycles. The third-order valence-corrected chi connectivity index (χ3v) is 5.15. The van der Waals surface area contributed by atoms with Crippen LogP contribution >= 0.6 is 22.6 Å². The third-order valence-electron chi connectivity index (χ3n) is 4.66. The van der Waals surface area contributed by atoms with Gasteiger partial charge in [-0.2, -0.15) is 0 Å². The summed E-state index contributed by atoms with van der Waals surface area (Å²) in [6, 6.07) is 6.76. The van der Waals surface area contributed by atoms with Crippen molar-refractivity contribution in [3.63, 3.8) is 0 Å². The lowest BCUT2D eigenvalue weighted by Gasteiger charge is -2.14. The van der Waals surface area contributed by atoms with Gasteiger partial charge >= 0.3 is 0 Å². The standard InChI is InChI=1S/C20H23IO/c1-3-8-17-18-13-16(15-9-6-4-5-7-10-15)11-12-19(18)22-20(17)14(2)21/h3,8,11-13,15H,2,4-7,9-10H2,1H3/b8-3-. The number of hydrogen-bond acceptors (Lipinski definition) is 1. The molecule has 0 N–H and O–H groups in total. The van der Waals surface area contributed by atoms with E-state index in [9.17, 15) is 0 Å². The lowest BCUT2D eigenvalue weighted by Crippen LogP contribution is -1.96. The molecule has 0 unspecified atom stereocenters. The minimum absolute atomic E-state index is 0.714. The maximum absolute atomic E-state index is 6.02. The summed E-state index contributed by atoms with van der Waals surface area (Å²) in [4.78, 5) is 0. The molecule has 2 heteroatoms. The Bertz CT molecular complexity index is 700. The Hall–Kier alpha value is -1.03. The number of rotatable bonds is 3. The number of furan rings is 1. The van der Waals surface area contributed by atoms with Crippen molar-refractivity contribution in [3.8, 4) is 0 Å². The average Bonchev–Trinajstić information content (AvgIpc) is 2.70. The predicted octanol–water partition coefficient (Wildman–Crippen LogP) is 7.31. The average molecular weight is 406 g/mol. The minimum Gasteiger partial charge on any atom is -0.455 e. The molecule has 0 spiro atoms. The van der Waals surface area contributed by atoms with Crippen molar-refractivity contribution in [1.29, 1.82) is 0 Å². The van der Waals surface area contributed by atoms with Crippen molar-refractivity contribution in [2.45, 2.75) is 51.4 Å². The maximum atomic E-state index is 6.02. The maximum Gasteiger partial charge on any atom is 0.148 e. The van der Waals surface area contributed by atoms with E-state index in [-0.39, 0.29) is 0 Å². The van der Waals surface area contributed by atoms with Crippen molar-refractivity contribution in [3.05, 3.63) is 47.7 Å². The molecule has 22 heavy (non-hydrogen) atoms. The molecule has 0 amide bonds. The Morgan fingerprint density at radius 3 is 2.59 bits per heavy atom. The second-order valence-corrected chi connectivity index (χ2v) is 7.50. The van der Waals surface area contributed by atoms with E-state index in [2.05, 4.69) is 59.5 Å². The molecular formula is C20H23IO. The number of benzene rings is 1. The Kier molecular flexibility index (Phi) is 5.07. The van der Waals surface area contributed by atoms with Crippen molar-refractivity contribution in [2.75, 3.05) is 0 Å². The van der Waals surface area contributed by atoms with Gasteiger partial charge in [-0.1, -0.05) is 50.5 Å². The van der Waals surface area contributed by atoms with Crippen LogP contribution in [0.1, 0.15) is 68.3 Å². The van der Waals surface area contributed by atoms with Crippen LogP contribution in [-0.2, 0) is 0 Å². The second-order valence-electron chi connectivity index (χ2n) is 6.19. The quantitative estimate of drug-likeness (QED) is 0.385. The highest BCUT2D eigenvalue weighted by molar-refractivity contribution is 14.1. The van der Waals surface area contributed by atoms with E-state index < -0.39 is 0 Å². The van der Waals surface area contributed by atoms with Crippen LogP contribution in [0.2, 0.25) is 0 Å². The van der Waals surface area contributed by atoms with Crippen LogP contribution in [0, 0.1) is 0 Å². The molecule has 0 saturated heterocycles. The Balaban J connectivity index is 2.07. The van der Waals surface area contributed by atoms with E-state index in [0.717, 1.165) is 14.9 Å². The molecule has 1 saturated carbocycles. The normalized spacial score (nSPS) is 17.2. The molecule has 1 fully saturated rings. The molecule has 1 nitrogen and oxygen atoms in total. The summed E-state index contributed by atoms with van der Waals surface area (Å²) in [6.45, 7) is 6.10. The van der Waals surface area contributed by atoms with Crippen molar-refractivity contribution < 1.29 is 4.42 Å². The third kappa shape index (κ3) is 3.17. The fourth-order valence-corrected chi connectivity index (χ4v) is 3.94. The first-order chi connectivity index (χ1) is 10.7. The monoisotopic (exact) mass is 406 g/mol. The molecular weight excluding hydrogens is 383 g/mol. The fourth-order valence-electron chi connectivity index (χ4n) is 3.53. The molecule has 3 rings (SSSR count). The summed E-state index contributed by atoms with van der Waals surface area (Å²) < 4.78 is 6.98. The van der Waals surface area contributed by atoms with Crippen LogP contribution in [0.3, 0.4) is 0 Å². The van der Waals surface area contributed by atoms with E-state index in [0.29, 0.717) is 5.92 Å². The van der Waals surface area contributed by atoms with Crippen molar-refractivity contribution in [1.82, 2.24) is 0 Å². The van der Waals surface area contributed by atoms with Gasteiger partial charge in [0.15, 0.2) is 0 Å². The zero-order valence-electron chi connectivity index (χ0n) is 13.2. The molecule has 116 valence electrons. The van der Waals surface area contributed by atoms with Gasteiger partial charge in [0.05, 0.1) is 0 Å². The first-order valence-corrected chi connectivity index (χ1v) is 9.32. The van der Waals surface area contributed by atoms with E-state index in [1.165, 1.54) is 55.0 Å². The van der Waals surface area contributed by atoms with Crippen LogP contribution in [0.25, 0.3) is 20.6 Å². The van der Waals surface area contributed by atoms with Crippen LogP contribution < -0.4 is 0 Å². The largest absolute Gasteiger partial charge is 0.455 e. The van der Waals surface area contributed by atoms with Gasteiger partial charge in [-0.05, 0) is 66.0 Å². The van der Waals surface area contributed by atoms with Gasteiger partial charge in [-0.25, -0.2) is 0 Å². The molecule has 1 aliphatic rings. The van der Waals surface area contributed by atoms with Crippen LogP contribution in [-0.4, -0.2) is 0 Å². The molecule has 0 atom stereocenters. The van der Waals surface area contributed by atoms with E-state index in [4.69, 9.17) is 4.42 Å². The van der Waals surface area contributed by atoms with Crippen molar-refractivity contribution in [2.24, 2.45) is 0 Å². The van der Waals surface area contributed by atoms with Gasteiger partial charge in [0.1, 0.15) is 11.3 Å². The van der Waals surface area contributed by atoms with E-state index >= 15 is 0 Å². The number of fused-ring (bicyclic) bond motifs is 1. The SMILES string of the molecule is C=C(I)c1oc2ccc(C3CCCCCC3)cc2c1/C=C\C. The molecule has 0 aliphatic heterocycles. The van der Waals surface area contributed by atoms with Crippen LogP contribution in [0.15, 0.2) is 35.3 Å². The molecule has 1 aromatic heterocycles. The molecule has 1 aromatic carbocycles. The Labute approximate surface area is 146 Å². The van der Waals surface area contributed by atoms with Gasteiger partial charge in [0.2, 0.25) is 0 Å². The minimum atomic E-state index is 0.714. The Morgan fingerprint density at radius 2 is 1.95 bits per heavy atom. The highest BCUT2D eigenvalue weighted by atomic mass is 127. The summed E-state index contributed by atoms with van der Waals surface area (Å²) in [7, 11) is 0. The first kappa shape index (κ1) is 15.9. The fraction of sp³-hybridized carbons (Fsp3) is 0.400. The first-order valence-electron chi connectivity index (χ1n) is 8.24. The highest BCUT2D eigenvalue weighted by Crippen LogP contribution is 2.38. The number of hydrogen-bond donors (Lipinski definition) is 0. The van der Waals surface area contributed by atoms with Crippen molar-refractivity contribution >= 4 is 43.2 Å². The topological polar surface area (TPSA) is 13.1 Å². The van der Waals surface area contributed by atoms with Gasteiger partial charge < -0.3 is 4.42 Å². The smallest absolute Gasteiger partial charge is 0.148 e. The Morgan fingerprint density at radius 1 is 1.23 bits per heavy atom. The lowest BCUT2D eigenvalue weighted by molar-refractivity contribution is 0.590. The lowest BCUT2D eigenvalue weighted by atomic mass is 9.90. The summed E-state index contributed by atoms with van der Waals surface area (Å²) in [6.07, 6.45) is 12.4. The summed E-state index contributed by atoms with van der Waals surface area (Å²) in [5, 5.41) is 1.23. The molecule has 0 bridgehead atoms. The van der Waals surface area contributed by atoms with Gasteiger partial charge in [0.25, 0.3) is 0 Å². The zero-order valence-corrected chi connectivity index (χ0v) is 15.4. The van der Waals surface area contributed by atoms with E-state index in [1.54, 1.807) is 0 Å². The molecule has 1 heterocycles. The summed E-state index contributed by atoms with van der Waals surface area (Å²) in [5.41, 5.74) is 3.62. The summed E-state index contributed by atoms with van der Waals surface area (Å²) >= 11 is 2.24. The predicted molar refractivity (Wildman–Crippen MR) is 104 cm³/mol. The van der Waals surface area contributed by atoms with Crippen LogP contribution in [0.4, 0.5) is 0 Å². The van der Waals surface area contributed by atoms with Gasteiger partial charge in [-0.15, -0.1) is 0 Å². The summed E-state index contributed by atoms with van der Waals surface area (Å²) in [5.74, 6) is 1.62. The zero-order chi connectivity index (χ0) is 15.5. The second kappa shape index (κ2) is 7.03. The molecule has 2 aromatic rings. The van der Waals surface area contributed by atoms with Gasteiger partial charge in [0, 0.05) is 14.5 Å². The molecule has 0 radical (unpaired) electrons. The number of halogens is 1. The number of allylic oxidation sites excluding steroid dienone is 1. The van der Waals surface area contributed by atoms with Crippen LogP contribution in [0.5, 0.6) is 0 Å². The van der Waals surface area contributed by atoms with E-state index in [1.807, 2.05) is 6.92 Å².